The summed E-state index contributed by atoms with van der Waals surface area (Å²) in [5.41, 5.74) is 0. The molecule has 0 saturated carbocycles. The summed E-state index contributed by atoms with van der Waals surface area (Å²) in [4.78, 5) is 19.3. The van der Waals surface area contributed by atoms with E-state index in [-0.39, 0.29) is 12.5 Å². The number of amides is 1. The zero-order chi connectivity index (χ0) is 15.9. The molecule has 0 aliphatic carbocycles. The number of nitrogens with one attached hydrogen (secondary N) is 1. The second-order valence-electron chi connectivity index (χ2n) is 4.57. The van der Waals surface area contributed by atoms with Gasteiger partial charge in [-0.2, -0.15) is 0 Å². The molecule has 0 aliphatic heterocycles. The molecule has 2 heterocycles. The van der Waals surface area contributed by atoms with Gasteiger partial charge in [0.05, 0.1) is 10.9 Å². The molecule has 4 nitrogen and oxygen atoms in total. The molecule has 0 bridgehead atoms. The van der Waals surface area contributed by atoms with Crippen LogP contribution in [0.3, 0.4) is 0 Å². The fourth-order valence-electron chi connectivity index (χ4n) is 1.86. The van der Waals surface area contributed by atoms with Gasteiger partial charge in [0, 0.05) is 28.6 Å². The van der Waals surface area contributed by atoms with Gasteiger partial charge in [0.25, 0.3) is 0 Å². The summed E-state index contributed by atoms with van der Waals surface area (Å²) in [5.74, 6) is 0.422. The van der Waals surface area contributed by atoms with Crippen LogP contribution in [0.5, 0.6) is 0 Å². The normalized spacial score (nSPS) is 10.7. The van der Waals surface area contributed by atoms with Gasteiger partial charge in [-0.3, -0.25) is 9.69 Å². The van der Waals surface area contributed by atoms with Gasteiger partial charge < -0.3 is 5.32 Å². The molecule has 1 amide bonds. The van der Waals surface area contributed by atoms with Crippen LogP contribution in [0.1, 0.15) is 4.88 Å². The molecule has 0 aliphatic rings. The lowest BCUT2D eigenvalue weighted by atomic mass is 10.3. The summed E-state index contributed by atoms with van der Waals surface area (Å²) in [6.07, 6.45) is 3.42. The Labute approximate surface area is 146 Å². The van der Waals surface area contributed by atoms with E-state index < -0.39 is 0 Å². The third kappa shape index (κ3) is 5.53. The molecule has 2 aromatic heterocycles. The number of carbonyl (C=O) groups excluding carboxylic acids is 1. The standard InChI is InChI=1S/C15H15BrClN3OS/c1-2-7-20(9-12-4-5-13(17)22-12)10-15(21)19-14-6-3-11(16)8-18-14/h2-6,8H,1,7,9-10H2,(H,18,19,21). The van der Waals surface area contributed by atoms with Crippen LogP contribution in [-0.4, -0.2) is 28.9 Å². The average Bonchev–Trinajstić information content (AvgIpc) is 2.87. The Bertz CT molecular complexity index is 644. The van der Waals surface area contributed by atoms with E-state index in [0.29, 0.717) is 18.9 Å². The van der Waals surface area contributed by atoms with Crippen molar-refractivity contribution in [2.45, 2.75) is 6.54 Å². The minimum atomic E-state index is -0.112. The highest BCUT2D eigenvalue weighted by Crippen LogP contribution is 2.22. The number of hydrogen-bond acceptors (Lipinski definition) is 4. The van der Waals surface area contributed by atoms with E-state index >= 15 is 0 Å². The van der Waals surface area contributed by atoms with E-state index in [0.717, 1.165) is 13.7 Å². The van der Waals surface area contributed by atoms with Gasteiger partial charge in [-0.25, -0.2) is 4.98 Å². The molecule has 0 atom stereocenters. The minimum absolute atomic E-state index is 0.112. The Hall–Kier alpha value is -1.21. The van der Waals surface area contributed by atoms with Gasteiger partial charge in [0.1, 0.15) is 5.82 Å². The van der Waals surface area contributed by atoms with Crippen molar-refractivity contribution in [3.63, 3.8) is 0 Å². The van der Waals surface area contributed by atoms with E-state index in [1.165, 1.54) is 11.3 Å². The quantitative estimate of drug-likeness (QED) is 0.709. The largest absolute Gasteiger partial charge is 0.310 e. The monoisotopic (exact) mass is 399 g/mol. The van der Waals surface area contributed by atoms with Gasteiger partial charge in [-0.15, -0.1) is 17.9 Å². The number of nitrogens with zero attached hydrogens (tertiary/aromatic N) is 2. The van der Waals surface area contributed by atoms with Crippen molar-refractivity contribution in [1.29, 1.82) is 0 Å². The van der Waals surface area contributed by atoms with Gasteiger partial charge in [0.15, 0.2) is 0 Å². The Kier molecular flexibility index (Phi) is 6.57. The van der Waals surface area contributed by atoms with Crippen LogP contribution >= 0.6 is 38.9 Å². The Morgan fingerprint density at radius 2 is 2.27 bits per heavy atom. The second-order valence-corrected chi connectivity index (χ2v) is 7.29. The molecular formula is C15H15BrClN3OS. The lowest BCUT2D eigenvalue weighted by molar-refractivity contribution is -0.117. The zero-order valence-electron chi connectivity index (χ0n) is 11.8. The van der Waals surface area contributed by atoms with E-state index in [1.807, 2.05) is 23.1 Å². The van der Waals surface area contributed by atoms with E-state index in [9.17, 15) is 4.79 Å². The van der Waals surface area contributed by atoms with Gasteiger partial charge in [0.2, 0.25) is 5.91 Å². The number of aromatic nitrogens is 1. The summed E-state index contributed by atoms with van der Waals surface area (Å²) < 4.78 is 1.62. The first-order chi connectivity index (χ1) is 10.6. The summed E-state index contributed by atoms with van der Waals surface area (Å²) in [6, 6.07) is 7.41. The molecular weight excluding hydrogens is 386 g/mol. The van der Waals surface area contributed by atoms with E-state index in [1.54, 1.807) is 18.3 Å². The maximum Gasteiger partial charge on any atom is 0.239 e. The van der Waals surface area contributed by atoms with Gasteiger partial charge >= 0.3 is 0 Å². The van der Waals surface area contributed by atoms with Crippen molar-refractivity contribution in [3.05, 3.63) is 56.8 Å². The molecule has 0 saturated heterocycles. The van der Waals surface area contributed by atoms with Crippen molar-refractivity contribution in [2.24, 2.45) is 0 Å². The van der Waals surface area contributed by atoms with Crippen LogP contribution in [0, 0.1) is 0 Å². The lowest BCUT2D eigenvalue weighted by Crippen LogP contribution is -2.33. The van der Waals surface area contributed by atoms with Gasteiger partial charge in [-0.1, -0.05) is 17.7 Å². The minimum Gasteiger partial charge on any atom is -0.310 e. The lowest BCUT2D eigenvalue weighted by Gasteiger charge is -2.19. The predicted molar refractivity (Wildman–Crippen MR) is 95.4 cm³/mol. The van der Waals surface area contributed by atoms with Crippen LogP contribution in [0.2, 0.25) is 4.34 Å². The number of pyridine rings is 1. The van der Waals surface area contributed by atoms with Crippen molar-refractivity contribution in [3.8, 4) is 0 Å². The summed E-state index contributed by atoms with van der Waals surface area (Å²) in [7, 11) is 0. The summed E-state index contributed by atoms with van der Waals surface area (Å²) in [6.45, 7) is 5.28. The molecule has 7 heteroatoms. The fraction of sp³-hybridized carbons (Fsp3) is 0.200. The first-order valence-corrected chi connectivity index (χ1v) is 8.54. The summed E-state index contributed by atoms with van der Waals surface area (Å²) >= 11 is 10.8. The maximum absolute atomic E-state index is 12.1. The zero-order valence-corrected chi connectivity index (χ0v) is 14.9. The number of carbonyl (C=O) groups is 1. The highest BCUT2D eigenvalue weighted by Gasteiger charge is 2.12. The van der Waals surface area contributed by atoms with Crippen LogP contribution in [-0.2, 0) is 11.3 Å². The number of halogens is 2. The molecule has 1 N–H and O–H groups in total. The second kappa shape index (κ2) is 8.43. The fourth-order valence-corrected chi connectivity index (χ4v) is 3.22. The highest BCUT2D eigenvalue weighted by molar-refractivity contribution is 9.10. The smallest absolute Gasteiger partial charge is 0.239 e. The molecule has 0 fully saturated rings. The Morgan fingerprint density at radius 1 is 1.45 bits per heavy atom. The first-order valence-electron chi connectivity index (χ1n) is 6.55. The molecule has 0 aromatic carbocycles. The molecule has 22 heavy (non-hydrogen) atoms. The third-order valence-corrected chi connectivity index (χ3v) is 4.44. The SMILES string of the molecule is C=CCN(CC(=O)Nc1ccc(Br)cn1)Cc1ccc(Cl)s1. The third-order valence-electron chi connectivity index (χ3n) is 2.76. The van der Waals surface area contributed by atoms with Gasteiger partial charge in [-0.05, 0) is 40.2 Å². The maximum atomic E-state index is 12.1. The molecule has 2 rings (SSSR count). The Balaban J connectivity index is 1.93. The molecule has 2 aromatic rings. The molecule has 0 radical (unpaired) electrons. The number of thiophene rings is 1. The van der Waals surface area contributed by atoms with Crippen molar-refractivity contribution < 1.29 is 4.79 Å². The number of anilines is 1. The van der Waals surface area contributed by atoms with Crippen molar-refractivity contribution >= 4 is 50.6 Å². The van der Waals surface area contributed by atoms with Crippen LogP contribution in [0.15, 0.2) is 47.6 Å². The first kappa shape index (κ1) is 17.1. The van der Waals surface area contributed by atoms with Crippen molar-refractivity contribution in [2.75, 3.05) is 18.4 Å². The van der Waals surface area contributed by atoms with Crippen LogP contribution in [0.25, 0.3) is 0 Å². The Morgan fingerprint density at radius 3 is 2.86 bits per heavy atom. The summed E-state index contributed by atoms with van der Waals surface area (Å²) in [5, 5.41) is 2.78. The van der Waals surface area contributed by atoms with Crippen molar-refractivity contribution in [1.82, 2.24) is 9.88 Å². The van der Waals surface area contributed by atoms with Crippen LogP contribution in [0.4, 0.5) is 5.82 Å². The van der Waals surface area contributed by atoms with E-state index in [2.05, 4.69) is 32.8 Å². The number of hydrogen-bond donors (Lipinski definition) is 1. The number of rotatable bonds is 7. The molecule has 116 valence electrons. The highest BCUT2D eigenvalue weighted by atomic mass is 79.9. The topological polar surface area (TPSA) is 45.2 Å². The van der Waals surface area contributed by atoms with E-state index in [4.69, 9.17) is 11.6 Å². The average molecular weight is 401 g/mol. The predicted octanol–water partition coefficient (Wildman–Crippen LogP) is 4.19. The van der Waals surface area contributed by atoms with Crippen LogP contribution < -0.4 is 5.32 Å². The molecule has 0 spiro atoms. The molecule has 0 unspecified atom stereocenters.